The number of carbonyl (C=O) groups excluding carboxylic acids is 1. The Kier molecular flexibility index (Phi) is 4.16. The first-order chi connectivity index (χ1) is 9.26. The summed E-state index contributed by atoms with van der Waals surface area (Å²) in [7, 11) is 1.89. The number of amides is 1. The summed E-state index contributed by atoms with van der Waals surface area (Å²) in [5.41, 5.74) is 2.19. The molecule has 2 rings (SSSR count). The molecule has 0 saturated carbocycles. The van der Waals surface area contributed by atoms with Crippen LogP contribution in [-0.2, 0) is 17.9 Å². The number of fused-ring (bicyclic) bond motifs is 1. The molecule has 2 aromatic rings. The van der Waals surface area contributed by atoms with E-state index in [2.05, 4.69) is 10.6 Å². The van der Waals surface area contributed by atoms with Crippen LogP contribution in [0.2, 0.25) is 0 Å². The van der Waals surface area contributed by atoms with Gasteiger partial charge in [0.15, 0.2) is 0 Å². The highest BCUT2D eigenvalue weighted by Crippen LogP contribution is 2.21. The van der Waals surface area contributed by atoms with Crippen molar-refractivity contribution in [3.8, 4) is 6.07 Å². The van der Waals surface area contributed by atoms with Crippen LogP contribution in [0.4, 0.5) is 0 Å². The van der Waals surface area contributed by atoms with Gasteiger partial charge in [-0.05, 0) is 18.7 Å². The van der Waals surface area contributed by atoms with Crippen LogP contribution in [0.1, 0.15) is 5.56 Å². The summed E-state index contributed by atoms with van der Waals surface area (Å²) in [5, 5.41) is 15.3. The number of nitrogens with one attached hydrogen (secondary N) is 2. The predicted octanol–water partition coefficient (Wildman–Crippen LogP) is 1.00. The second-order valence-corrected chi connectivity index (χ2v) is 4.26. The van der Waals surface area contributed by atoms with E-state index in [0.29, 0.717) is 0 Å². The van der Waals surface area contributed by atoms with Crippen LogP contribution in [0, 0.1) is 11.3 Å². The summed E-state index contributed by atoms with van der Waals surface area (Å²) < 4.78 is 1.91. The zero-order valence-corrected chi connectivity index (χ0v) is 10.8. The Hall–Kier alpha value is -2.32. The molecule has 5 nitrogen and oxygen atoms in total. The van der Waals surface area contributed by atoms with Gasteiger partial charge in [-0.1, -0.05) is 18.2 Å². The zero-order chi connectivity index (χ0) is 13.7. The lowest BCUT2D eigenvalue weighted by atomic mass is 10.2. The van der Waals surface area contributed by atoms with E-state index in [1.807, 2.05) is 48.1 Å². The van der Waals surface area contributed by atoms with E-state index in [-0.39, 0.29) is 19.0 Å². The molecule has 1 aromatic carbocycles. The second-order valence-electron chi connectivity index (χ2n) is 4.26. The number of para-hydroxylation sites is 1. The van der Waals surface area contributed by atoms with Crippen LogP contribution in [0.15, 0.2) is 30.5 Å². The molecule has 1 aromatic heterocycles. The van der Waals surface area contributed by atoms with Crippen molar-refractivity contribution in [2.45, 2.75) is 13.1 Å². The number of hydrogen-bond acceptors (Lipinski definition) is 3. The minimum Gasteiger partial charge on any atom is -0.341 e. The number of rotatable bonds is 5. The number of nitrogens with zero attached hydrogens (tertiary/aromatic N) is 2. The maximum Gasteiger partial charge on any atom is 0.240 e. The molecular formula is C14H16N4O. The second kappa shape index (κ2) is 6.03. The van der Waals surface area contributed by atoms with Gasteiger partial charge in [-0.15, -0.1) is 0 Å². The normalized spacial score (nSPS) is 10.3. The molecule has 1 heterocycles. The fourth-order valence-electron chi connectivity index (χ4n) is 2.13. The molecule has 5 heteroatoms. The molecule has 0 bridgehead atoms. The fraction of sp³-hybridized carbons (Fsp3) is 0.286. The van der Waals surface area contributed by atoms with E-state index in [0.717, 1.165) is 23.0 Å². The molecule has 0 radical (unpaired) electrons. The van der Waals surface area contributed by atoms with Crippen LogP contribution in [-0.4, -0.2) is 24.1 Å². The first-order valence-corrected chi connectivity index (χ1v) is 6.11. The average molecular weight is 256 g/mol. The van der Waals surface area contributed by atoms with Gasteiger partial charge in [0.05, 0.1) is 6.07 Å². The third-order valence-corrected chi connectivity index (χ3v) is 2.92. The van der Waals surface area contributed by atoms with Crippen molar-refractivity contribution in [1.29, 1.82) is 5.26 Å². The van der Waals surface area contributed by atoms with Gasteiger partial charge in [0.1, 0.15) is 13.1 Å². The van der Waals surface area contributed by atoms with E-state index in [1.54, 1.807) is 0 Å². The Morgan fingerprint density at radius 2 is 2.21 bits per heavy atom. The lowest BCUT2D eigenvalue weighted by molar-refractivity contribution is -0.121. The maximum atomic E-state index is 11.7. The smallest absolute Gasteiger partial charge is 0.240 e. The highest BCUT2D eigenvalue weighted by atomic mass is 16.1. The summed E-state index contributed by atoms with van der Waals surface area (Å²) in [4.78, 5) is 11.7. The van der Waals surface area contributed by atoms with E-state index in [4.69, 9.17) is 5.26 Å². The van der Waals surface area contributed by atoms with Gasteiger partial charge in [0, 0.05) is 23.6 Å². The number of benzene rings is 1. The van der Waals surface area contributed by atoms with Crippen LogP contribution >= 0.6 is 0 Å². The lowest BCUT2D eigenvalue weighted by Gasteiger charge is -2.04. The monoisotopic (exact) mass is 256 g/mol. The molecule has 0 saturated heterocycles. The molecule has 98 valence electrons. The number of carbonyl (C=O) groups is 1. The molecule has 0 fully saturated rings. The van der Waals surface area contributed by atoms with Crippen LogP contribution in [0.3, 0.4) is 0 Å². The van der Waals surface area contributed by atoms with E-state index >= 15 is 0 Å². The average Bonchev–Trinajstić information content (AvgIpc) is 2.76. The fourth-order valence-corrected chi connectivity index (χ4v) is 2.13. The first kappa shape index (κ1) is 13.1. The summed E-state index contributed by atoms with van der Waals surface area (Å²) in [6.45, 7) is 1.03. The summed E-state index contributed by atoms with van der Waals surface area (Å²) in [5.74, 6) is -0.154. The SMILES string of the molecule is CNCc1cn(CC(=O)NCC#N)c2ccccc12. The summed E-state index contributed by atoms with van der Waals surface area (Å²) >= 11 is 0. The van der Waals surface area contributed by atoms with Gasteiger partial charge in [0.25, 0.3) is 0 Å². The summed E-state index contributed by atoms with van der Waals surface area (Å²) in [6, 6.07) is 9.88. The van der Waals surface area contributed by atoms with E-state index < -0.39 is 0 Å². The third-order valence-electron chi connectivity index (χ3n) is 2.92. The minimum atomic E-state index is -0.154. The Labute approximate surface area is 111 Å². The Morgan fingerprint density at radius 3 is 2.95 bits per heavy atom. The van der Waals surface area contributed by atoms with Gasteiger partial charge < -0.3 is 15.2 Å². The predicted molar refractivity (Wildman–Crippen MR) is 73.3 cm³/mol. The molecule has 0 aliphatic heterocycles. The van der Waals surface area contributed by atoms with Crippen molar-refractivity contribution in [1.82, 2.24) is 15.2 Å². The van der Waals surface area contributed by atoms with Gasteiger partial charge in [-0.25, -0.2) is 0 Å². The molecular weight excluding hydrogens is 240 g/mol. The zero-order valence-electron chi connectivity index (χ0n) is 10.8. The van der Waals surface area contributed by atoms with E-state index in [1.165, 1.54) is 0 Å². The van der Waals surface area contributed by atoms with Crippen LogP contribution < -0.4 is 10.6 Å². The van der Waals surface area contributed by atoms with Crippen molar-refractivity contribution < 1.29 is 4.79 Å². The highest BCUT2D eigenvalue weighted by molar-refractivity contribution is 5.86. The van der Waals surface area contributed by atoms with Crippen molar-refractivity contribution in [3.05, 3.63) is 36.0 Å². The topological polar surface area (TPSA) is 69.8 Å². The Bertz CT molecular complexity index is 624. The van der Waals surface area contributed by atoms with Crippen molar-refractivity contribution in [2.75, 3.05) is 13.6 Å². The largest absolute Gasteiger partial charge is 0.341 e. The van der Waals surface area contributed by atoms with Gasteiger partial charge in [-0.3, -0.25) is 4.79 Å². The summed E-state index contributed by atoms with van der Waals surface area (Å²) in [6.07, 6.45) is 1.98. The van der Waals surface area contributed by atoms with Gasteiger partial charge in [0.2, 0.25) is 5.91 Å². The molecule has 1 amide bonds. The highest BCUT2D eigenvalue weighted by Gasteiger charge is 2.09. The number of hydrogen-bond donors (Lipinski definition) is 2. The number of aromatic nitrogens is 1. The Morgan fingerprint density at radius 1 is 1.42 bits per heavy atom. The molecule has 0 aliphatic rings. The van der Waals surface area contributed by atoms with Gasteiger partial charge in [-0.2, -0.15) is 5.26 Å². The molecule has 0 aliphatic carbocycles. The van der Waals surface area contributed by atoms with Crippen molar-refractivity contribution >= 4 is 16.8 Å². The van der Waals surface area contributed by atoms with Crippen LogP contribution in [0.5, 0.6) is 0 Å². The van der Waals surface area contributed by atoms with Crippen LogP contribution in [0.25, 0.3) is 10.9 Å². The molecule has 0 unspecified atom stereocenters. The third kappa shape index (κ3) is 2.92. The maximum absolute atomic E-state index is 11.7. The lowest BCUT2D eigenvalue weighted by Crippen LogP contribution is -2.27. The molecule has 0 atom stereocenters. The standard InChI is InChI=1S/C14H16N4O/c1-16-8-11-9-18(10-14(19)17-7-6-15)13-5-3-2-4-12(11)13/h2-5,9,16H,7-8,10H2,1H3,(H,17,19). The number of nitriles is 1. The Balaban J connectivity index is 2.28. The van der Waals surface area contributed by atoms with Gasteiger partial charge >= 0.3 is 0 Å². The quantitative estimate of drug-likeness (QED) is 0.784. The first-order valence-electron chi connectivity index (χ1n) is 6.11. The minimum absolute atomic E-state index is 0.0431. The molecule has 0 spiro atoms. The van der Waals surface area contributed by atoms with E-state index in [9.17, 15) is 4.79 Å². The molecule has 2 N–H and O–H groups in total. The van der Waals surface area contributed by atoms with Crippen molar-refractivity contribution in [2.24, 2.45) is 0 Å². The van der Waals surface area contributed by atoms with Crippen molar-refractivity contribution in [3.63, 3.8) is 0 Å². The molecule has 19 heavy (non-hydrogen) atoms.